The maximum Gasteiger partial charge on any atom is 0.523 e. The van der Waals surface area contributed by atoms with Gasteiger partial charge in [0.25, 0.3) is 0 Å². The second kappa shape index (κ2) is 3.50. The minimum atomic E-state index is -5.34. The minimum absolute atomic E-state index is 0. The fourth-order valence-electron chi connectivity index (χ4n) is 0.0945. The van der Waals surface area contributed by atoms with Crippen LogP contribution in [-0.4, -0.2) is 21.0 Å². The molecule has 0 aliphatic rings. The van der Waals surface area contributed by atoms with E-state index < -0.39 is 15.6 Å². The van der Waals surface area contributed by atoms with Crippen LogP contribution in [0.25, 0.3) is 0 Å². The lowest BCUT2D eigenvalue weighted by molar-refractivity contribution is -0.0526. The lowest BCUT2D eigenvalue weighted by Crippen LogP contribution is -2.23. The number of alkyl halides is 3. The van der Waals surface area contributed by atoms with E-state index in [2.05, 4.69) is 4.18 Å². The normalized spacial score (nSPS) is 12.4. The molecule has 0 aliphatic heterocycles. The third kappa shape index (κ3) is 2.81. The SMILES string of the molecule is COS(=O)(=O)C(F)(F)F.P. The summed E-state index contributed by atoms with van der Waals surface area (Å²) in [5.74, 6) is 0. The van der Waals surface area contributed by atoms with Crippen LogP contribution in [0.5, 0.6) is 0 Å². The van der Waals surface area contributed by atoms with E-state index >= 15 is 0 Å². The molecule has 0 aromatic rings. The predicted molar refractivity (Wildman–Crippen MR) is 33.1 cm³/mol. The molecule has 0 rings (SSSR count). The average Bonchev–Trinajstić information content (AvgIpc) is 1.64. The number of hydrogen-bond acceptors (Lipinski definition) is 3. The first-order valence-corrected chi connectivity index (χ1v) is 3.09. The van der Waals surface area contributed by atoms with Crippen molar-refractivity contribution in [3.63, 3.8) is 0 Å². The molecule has 0 radical (unpaired) electrons. The molecule has 0 amide bonds. The van der Waals surface area contributed by atoms with Crippen LogP contribution in [0.4, 0.5) is 13.2 Å². The van der Waals surface area contributed by atoms with E-state index in [-0.39, 0.29) is 9.90 Å². The van der Waals surface area contributed by atoms with Crippen molar-refractivity contribution in [3.8, 4) is 0 Å². The highest BCUT2D eigenvalue weighted by Gasteiger charge is 2.46. The molecular formula is C2H6F3O3PS. The second-order valence-electron chi connectivity index (χ2n) is 1.07. The van der Waals surface area contributed by atoms with E-state index in [1.54, 1.807) is 0 Å². The molecule has 1 unspecified atom stereocenters. The fourth-order valence-corrected chi connectivity index (χ4v) is 0.283. The van der Waals surface area contributed by atoms with Gasteiger partial charge >= 0.3 is 15.6 Å². The summed E-state index contributed by atoms with van der Waals surface area (Å²) in [4.78, 5) is 0. The molecule has 0 fully saturated rings. The molecule has 8 heteroatoms. The summed E-state index contributed by atoms with van der Waals surface area (Å²) in [7, 11) is -4.89. The number of rotatable bonds is 1. The first kappa shape index (κ1) is 12.8. The number of hydrogen-bond donors (Lipinski definition) is 0. The zero-order valence-corrected chi connectivity index (χ0v) is 7.20. The van der Waals surface area contributed by atoms with E-state index in [0.29, 0.717) is 7.11 Å². The van der Waals surface area contributed by atoms with Crippen LogP contribution in [0.1, 0.15) is 0 Å². The van der Waals surface area contributed by atoms with Gasteiger partial charge in [0.2, 0.25) is 0 Å². The van der Waals surface area contributed by atoms with Gasteiger partial charge in [0.15, 0.2) is 0 Å². The second-order valence-corrected chi connectivity index (χ2v) is 2.77. The Labute approximate surface area is 59.3 Å². The molecule has 0 aromatic heterocycles. The van der Waals surface area contributed by atoms with E-state index in [0.717, 1.165) is 0 Å². The first-order chi connectivity index (χ1) is 3.81. The van der Waals surface area contributed by atoms with E-state index in [9.17, 15) is 21.6 Å². The van der Waals surface area contributed by atoms with Crippen LogP contribution in [0, 0.1) is 0 Å². The minimum Gasteiger partial charge on any atom is -0.267 e. The Morgan fingerprint density at radius 2 is 1.60 bits per heavy atom. The van der Waals surface area contributed by atoms with Gasteiger partial charge in [-0.3, -0.25) is 4.18 Å². The largest absolute Gasteiger partial charge is 0.523 e. The zero-order valence-electron chi connectivity index (χ0n) is 4.97. The maximum absolute atomic E-state index is 11.1. The molecule has 0 saturated carbocycles. The van der Waals surface area contributed by atoms with Gasteiger partial charge in [-0.15, -0.1) is 0 Å². The van der Waals surface area contributed by atoms with Gasteiger partial charge < -0.3 is 0 Å². The van der Waals surface area contributed by atoms with Crippen molar-refractivity contribution in [1.82, 2.24) is 0 Å². The Kier molecular flexibility index (Phi) is 4.47. The Hall–Kier alpha value is 0.130. The summed E-state index contributed by atoms with van der Waals surface area (Å²) < 4.78 is 55.9. The molecule has 0 aliphatic carbocycles. The Bertz CT molecular complexity index is 182. The molecule has 0 bridgehead atoms. The van der Waals surface area contributed by atoms with Crippen molar-refractivity contribution in [2.45, 2.75) is 5.51 Å². The van der Waals surface area contributed by atoms with Gasteiger partial charge in [0.05, 0.1) is 7.11 Å². The molecule has 0 saturated heterocycles. The maximum atomic E-state index is 11.1. The van der Waals surface area contributed by atoms with Gasteiger partial charge in [-0.05, 0) is 0 Å². The Morgan fingerprint density at radius 1 is 1.30 bits per heavy atom. The van der Waals surface area contributed by atoms with Gasteiger partial charge in [-0.1, -0.05) is 0 Å². The van der Waals surface area contributed by atoms with Gasteiger partial charge in [0.1, 0.15) is 0 Å². The van der Waals surface area contributed by atoms with Crippen LogP contribution in [0.15, 0.2) is 0 Å². The Balaban J connectivity index is 0. The van der Waals surface area contributed by atoms with E-state index in [1.165, 1.54) is 0 Å². The lowest BCUT2D eigenvalue weighted by Gasteiger charge is -2.02. The van der Waals surface area contributed by atoms with Crippen molar-refractivity contribution >= 4 is 20.0 Å². The van der Waals surface area contributed by atoms with Crippen molar-refractivity contribution < 1.29 is 25.8 Å². The van der Waals surface area contributed by atoms with Crippen LogP contribution < -0.4 is 0 Å². The van der Waals surface area contributed by atoms with Gasteiger partial charge in [0, 0.05) is 0 Å². The summed E-state index contributed by atoms with van der Waals surface area (Å²) in [6.45, 7) is 0. The summed E-state index contributed by atoms with van der Waals surface area (Å²) in [6, 6.07) is 0. The Morgan fingerprint density at radius 3 is 1.60 bits per heavy atom. The molecule has 0 spiro atoms. The molecule has 0 N–H and O–H groups in total. The first-order valence-electron chi connectivity index (χ1n) is 1.68. The summed E-state index contributed by atoms with van der Waals surface area (Å²) in [6.07, 6.45) is 0. The molecule has 1 atom stereocenters. The third-order valence-corrected chi connectivity index (χ3v) is 1.51. The molecule has 0 aromatic carbocycles. The summed E-state index contributed by atoms with van der Waals surface area (Å²) in [5.41, 5.74) is -5.30. The van der Waals surface area contributed by atoms with Crippen molar-refractivity contribution in [1.29, 1.82) is 0 Å². The molecular weight excluding hydrogens is 192 g/mol. The van der Waals surface area contributed by atoms with Crippen LogP contribution in [0.3, 0.4) is 0 Å². The predicted octanol–water partition coefficient (Wildman–Crippen LogP) is 0.540. The van der Waals surface area contributed by atoms with Gasteiger partial charge in [-0.2, -0.15) is 31.5 Å². The summed E-state index contributed by atoms with van der Waals surface area (Å²) >= 11 is 0. The van der Waals surface area contributed by atoms with Crippen LogP contribution in [0.2, 0.25) is 0 Å². The van der Waals surface area contributed by atoms with Crippen molar-refractivity contribution in [2.24, 2.45) is 0 Å². The van der Waals surface area contributed by atoms with Crippen molar-refractivity contribution in [3.05, 3.63) is 0 Å². The molecule has 0 heterocycles. The monoisotopic (exact) mass is 198 g/mol. The molecule has 3 nitrogen and oxygen atoms in total. The van der Waals surface area contributed by atoms with Crippen LogP contribution >= 0.6 is 9.90 Å². The molecule has 64 valence electrons. The lowest BCUT2D eigenvalue weighted by atomic mass is 11.6. The zero-order chi connectivity index (χ0) is 7.71. The quantitative estimate of drug-likeness (QED) is 0.351. The standard InChI is InChI=1S/C2H3F3O3S.H3P/c1-8-9(6,7)2(3,4)5;/h1H3;1H3. The molecule has 10 heavy (non-hydrogen) atoms. The highest BCUT2D eigenvalue weighted by molar-refractivity contribution is 7.87. The highest BCUT2D eigenvalue weighted by Crippen LogP contribution is 2.23. The topological polar surface area (TPSA) is 43.4 Å². The number of halogens is 3. The van der Waals surface area contributed by atoms with Crippen molar-refractivity contribution in [2.75, 3.05) is 7.11 Å². The summed E-state index contributed by atoms with van der Waals surface area (Å²) in [5, 5.41) is 0. The van der Waals surface area contributed by atoms with E-state index in [4.69, 9.17) is 0 Å². The van der Waals surface area contributed by atoms with Crippen LogP contribution in [-0.2, 0) is 14.3 Å². The fraction of sp³-hybridized carbons (Fsp3) is 1.00. The smallest absolute Gasteiger partial charge is 0.267 e. The van der Waals surface area contributed by atoms with E-state index in [1.807, 2.05) is 0 Å². The highest BCUT2D eigenvalue weighted by atomic mass is 32.2. The van der Waals surface area contributed by atoms with Gasteiger partial charge in [-0.25, -0.2) is 0 Å². The average molecular weight is 198 g/mol. The third-order valence-electron chi connectivity index (χ3n) is 0.503.